The fraction of sp³-hybridized carbons (Fsp3) is 0.0714. The Labute approximate surface area is 131 Å². The number of benzene rings is 2. The van der Waals surface area contributed by atoms with Gasteiger partial charge in [-0.1, -0.05) is 46.9 Å². The van der Waals surface area contributed by atoms with Crippen molar-refractivity contribution in [1.29, 1.82) is 0 Å². The van der Waals surface area contributed by atoms with E-state index in [0.717, 1.165) is 5.56 Å². The predicted molar refractivity (Wildman–Crippen MR) is 83.8 cm³/mol. The molecule has 0 radical (unpaired) electrons. The van der Waals surface area contributed by atoms with Crippen molar-refractivity contribution in [2.75, 3.05) is 5.32 Å². The van der Waals surface area contributed by atoms with Gasteiger partial charge in [0.1, 0.15) is 0 Å². The average Bonchev–Trinajstić information content (AvgIpc) is 2.35. The van der Waals surface area contributed by atoms with Crippen LogP contribution in [0.1, 0.15) is 5.56 Å². The molecule has 0 fully saturated rings. The van der Waals surface area contributed by atoms with Crippen molar-refractivity contribution in [1.82, 2.24) is 5.32 Å². The standard InChI is InChI=1S/C14H11Cl3N2O/c15-10-3-1-2-9(4-10)8-18-14(20)19-13-6-11(16)5-12(17)7-13/h1-7H,8H2,(H2,18,19,20). The highest BCUT2D eigenvalue weighted by Gasteiger charge is 2.04. The largest absolute Gasteiger partial charge is 0.334 e. The van der Waals surface area contributed by atoms with Gasteiger partial charge in [-0.15, -0.1) is 0 Å². The summed E-state index contributed by atoms with van der Waals surface area (Å²) >= 11 is 17.6. The second-order valence-electron chi connectivity index (χ2n) is 4.10. The molecule has 0 heterocycles. The number of carbonyl (C=O) groups is 1. The van der Waals surface area contributed by atoms with Gasteiger partial charge >= 0.3 is 6.03 Å². The first-order valence-corrected chi connectivity index (χ1v) is 6.92. The van der Waals surface area contributed by atoms with E-state index in [9.17, 15) is 4.79 Å². The zero-order valence-corrected chi connectivity index (χ0v) is 12.6. The van der Waals surface area contributed by atoms with Gasteiger partial charge in [0, 0.05) is 27.3 Å². The van der Waals surface area contributed by atoms with Crippen molar-refractivity contribution in [3.63, 3.8) is 0 Å². The van der Waals surface area contributed by atoms with E-state index in [-0.39, 0.29) is 6.03 Å². The Morgan fingerprint density at radius 3 is 2.30 bits per heavy atom. The van der Waals surface area contributed by atoms with E-state index in [0.29, 0.717) is 27.3 Å². The summed E-state index contributed by atoms with van der Waals surface area (Å²) in [5, 5.41) is 6.93. The molecule has 2 rings (SSSR count). The molecule has 0 bridgehead atoms. The van der Waals surface area contributed by atoms with Crippen LogP contribution in [0.3, 0.4) is 0 Å². The number of anilines is 1. The van der Waals surface area contributed by atoms with Crippen molar-refractivity contribution >= 4 is 46.5 Å². The SMILES string of the molecule is O=C(NCc1cccc(Cl)c1)Nc1cc(Cl)cc(Cl)c1. The molecule has 2 amide bonds. The van der Waals surface area contributed by atoms with Crippen LogP contribution in [-0.2, 0) is 6.54 Å². The van der Waals surface area contributed by atoms with Gasteiger partial charge in [-0.25, -0.2) is 4.79 Å². The quantitative estimate of drug-likeness (QED) is 0.820. The molecule has 6 heteroatoms. The lowest BCUT2D eigenvalue weighted by molar-refractivity contribution is 0.251. The lowest BCUT2D eigenvalue weighted by Gasteiger charge is -2.08. The fourth-order valence-electron chi connectivity index (χ4n) is 1.63. The molecule has 0 spiro atoms. The van der Waals surface area contributed by atoms with Gasteiger partial charge in [0.25, 0.3) is 0 Å². The maximum absolute atomic E-state index is 11.8. The monoisotopic (exact) mass is 328 g/mol. The van der Waals surface area contributed by atoms with Crippen LogP contribution >= 0.6 is 34.8 Å². The Morgan fingerprint density at radius 1 is 0.950 bits per heavy atom. The summed E-state index contributed by atoms with van der Waals surface area (Å²) in [5.74, 6) is 0. The van der Waals surface area contributed by atoms with Crippen LogP contribution in [0.2, 0.25) is 15.1 Å². The molecule has 0 saturated carbocycles. The zero-order chi connectivity index (χ0) is 14.5. The van der Waals surface area contributed by atoms with Crippen LogP contribution in [0.5, 0.6) is 0 Å². The summed E-state index contributed by atoms with van der Waals surface area (Å²) in [6.45, 7) is 0.376. The minimum absolute atomic E-state index is 0.344. The van der Waals surface area contributed by atoms with E-state index in [1.54, 1.807) is 30.3 Å². The molecule has 2 N–H and O–H groups in total. The first-order chi connectivity index (χ1) is 9.52. The second-order valence-corrected chi connectivity index (χ2v) is 5.41. The molecule has 0 aliphatic heterocycles. The summed E-state index contributed by atoms with van der Waals surface area (Å²) in [7, 11) is 0. The van der Waals surface area contributed by atoms with Crippen molar-refractivity contribution in [3.05, 3.63) is 63.1 Å². The Bertz CT molecular complexity index is 611. The van der Waals surface area contributed by atoms with Crippen molar-refractivity contribution < 1.29 is 4.79 Å². The first kappa shape index (κ1) is 15.0. The van der Waals surface area contributed by atoms with E-state index in [1.165, 1.54) is 0 Å². The summed E-state index contributed by atoms with van der Waals surface area (Å²) < 4.78 is 0. The summed E-state index contributed by atoms with van der Waals surface area (Å²) in [5.41, 5.74) is 1.45. The minimum atomic E-state index is -0.344. The Balaban J connectivity index is 1.92. The Morgan fingerprint density at radius 2 is 1.65 bits per heavy atom. The van der Waals surface area contributed by atoms with E-state index >= 15 is 0 Å². The first-order valence-electron chi connectivity index (χ1n) is 5.78. The van der Waals surface area contributed by atoms with Gasteiger partial charge in [-0.2, -0.15) is 0 Å². The molecule has 0 unspecified atom stereocenters. The maximum atomic E-state index is 11.8. The highest BCUT2D eigenvalue weighted by molar-refractivity contribution is 6.35. The minimum Gasteiger partial charge on any atom is -0.334 e. The van der Waals surface area contributed by atoms with E-state index in [1.807, 2.05) is 12.1 Å². The Kier molecular flexibility index (Phi) is 5.12. The number of urea groups is 1. The summed E-state index contributed by atoms with van der Waals surface area (Å²) in [6, 6.07) is 11.8. The molecule has 2 aromatic carbocycles. The average molecular weight is 330 g/mol. The molecular formula is C14H11Cl3N2O. The molecule has 20 heavy (non-hydrogen) atoms. The van der Waals surface area contributed by atoms with Gasteiger partial charge in [0.2, 0.25) is 0 Å². The lowest BCUT2D eigenvalue weighted by atomic mass is 10.2. The van der Waals surface area contributed by atoms with Crippen LogP contribution in [0.25, 0.3) is 0 Å². The van der Waals surface area contributed by atoms with Crippen molar-refractivity contribution in [3.8, 4) is 0 Å². The molecule has 0 aromatic heterocycles. The molecular weight excluding hydrogens is 319 g/mol. The number of carbonyl (C=O) groups excluding carboxylic acids is 1. The summed E-state index contributed by atoms with van der Waals surface area (Å²) in [4.78, 5) is 11.8. The third kappa shape index (κ3) is 4.60. The molecule has 104 valence electrons. The lowest BCUT2D eigenvalue weighted by Crippen LogP contribution is -2.28. The highest BCUT2D eigenvalue weighted by atomic mass is 35.5. The maximum Gasteiger partial charge on any atom is 0.319 e. The van der Waals surface area contributed by atoms with Gasteiger partial charge in [-0.3, -0.25) is 0 Å². The number of halogens is 3. The Hall–Kier alpha value is -1.42. The number of rotatable bonds is 3. The third-order valence-corrected chi connectivity index (χ3v) is 3.13. The van der Waals surface area contributed by atoms with Crippen LogP contribution < -0.4 is 10.6 Å². The van der Waals surface area contributed by atoms with E-state index in [4.69, 9.17) is 34.8 Å². The molecule has 0 aliphatic carbocycles. The van der Waals surface area contributed by atoms with Crippen LogP contribution in [-0.4, -0.2) is 6.03 Å². The molecule has 0 saturated heterocycles. The number of amides is 2. The number of hydrogen-bond acceptors (Lipinski definition) is 1. The van der Waals surface area contributed by atoms with Crippen molar-refractivity contribution in [2.24, 2.45) is 0 Å². The molecule has 3 nitrogen and oxygen atoms in total. The van der Waals surface area contributed by atoms with Gasteiger partial charge in [-0.05, 0) is 35.9 Å². The third-order valence-electron chi connectivity index (χ3n) is 2.46. The van der Waals surface area contributed by atoms with Crippen LogP contribution in [0, 0.1) is 0 Å². The highest BCUT2D eigenvalue weighted by Crippen LogP contribution is 2.22. The predicted octanol–water partition coefficient (Wildman–Crippen LogP) is 4.97. The van der Waals surface area contributed by atoms with Crippen LogP contribution in [0.15, 0.2) is 42.5 Å². The van der Waals surface area contributed by atoms with Gasteiger partial charge in [0.05, 0.1) is 0 Å². The zero-order valence-electron chi connectivity index (χ0n) is 10.3. The van der Waals surface area contributed by atoms with E-state index in [2.05, 4.69) is 10.6 Å². The molecule has 0 atom stereocenters. The van der Waals surface area contributed by atoms with Crippen LogP contribution in [0.4, 0.5) is 10.5 Å². The smallest absolute Gasteiger partial charge is 0.319 e. The normalized spacial score (nSPS) is 10.2. The molecule has 0 aliphatic rings. The van der Waals surface area contributed by atoms with Gasteiger partial charge < -0.3 is 10.6 Å². The fourth-order valence-corrected chi connectivity index (χ4v) is 2.37. The van der Waals surface area contributed by atoms with Gasteiger partial charge in [0.15, 0.2) is 0 Å². The number of hydrogen-bond donors (Lipinski definition) is 2. The van der Waals surface area contributed by atoms with E-state index < -0.39 is 0 Å². The summed E-state index contributed by atoms with van der Waals surface area (Å²) in [6.07, 6.45) is 0. The molecule has 2 aromatic rings. The van der Waals surface area contributed by atoms with Crippen molar-refractivity contribution in [2.45, 2.75) is 6.54 Å². The topological polar surface area (TPSA) is 41.1 Å². The second kappa shape index (κ2) is 6.84. The number of nitrogens with one attached hydrogen (secondary N) is 2.